The molecule has 0 N–H and O–H groups in total. The second-order valence-corrected chi connectivity index (χ2v) is 6.92. The predicted octanol–water partition coefficient (Wildman–Crippen LogP) is 3.61. The van der Waals surface area contributed by atoms with Gasteiger partial charge >= 0.3 is 16.1 Å². The fourth-order valence-corrected chi connectivity index (χ4v) is 3.14. The molecule has 0 bridgehead atoms. The summed E-state index contributed by atoms with van der Waals surface area (Å²) in [7, 11) is -4.12. The zero-order chi connectivity index (χ0) is 15.6. The van der Waals surface area contributed by atoms with Gasteiger partial charge in [-0.1, -0.05) is 24.3 Å². The number of rotatable bonds is 3. The molecule has 0 fully saturated rings. The summed E-state index contributed by atoms with van der Waals surface area (Å²) in [5, 5.41) is 0. The van der Waals surface area contributed by atoms with Crippen LogP contribution in [0.25, 0.3) is 0 Å². The molecule has 0 saturated heterocycles. The topological polar surface area (TPSA) is 60.4 Å². The normalized spacial score (nSPS) is 11.2. The van der Waals surface area contributed by atoms with Crippen LogP contribution in [0.2, 0.25) is 0 Å². The standard InChI is InChI=1S/C15H13BrO4S/c1-10-8-11(2)14(16)13(9-10)15(17)20-21(18,19)12-6-4-3-5-7-12/h3-9H,1-2H3. The first-order valence-electron chi connectivity index (χ1n) is 6.12. The summed E-state index contributed by atoms with van der Waals surface area (Å²) in [5.74, 6) is -0.905. The quantitative estimate of drug-likeness (QED) is 0.776. The van der Waals surface area contributed by atoms with Gasteiger partial charge in [-0.05, 0) is 59.1 Å². The molecule has 0 atom stereocenters. The maximum absolute atomic E-state index is 12.1. The van der Waals surface area contributed by atoms with Crippen LogP contribution in [0.3, 0.4) is 0 Å². The smallest absolute Gasteiger partial charge is 0.338 e. The van der Waals surface area contributed by atoms with Gasteiger partial charge in [0, 0.05) is 4.47 Å². The lowest BCUT2D eigenvalue weighted by Crippen LogP contribution is -2.14. The van der Waals surface area contributed by atoms with E-state index in [0.717, 1.165) is 11.1 Å². The molecule has 4 nitrogen and oxygen atoms in total. The Morgan fingerprint density at radius 1 is 1.10 bits per heavy atom. The fraction of sp³-hybridized carbons (Fsp3) is 0.133. The maximum atomic E-state index is 12.1. The van der Waals surface area contributed by atoms with E-state index >= 15 is 0 Å². The van der Waals surface area contributed by atoms with E-state index < -0.39 is 16.1 Å². The second-order valence-electron chi connectivity index (χ2n) is 4.58. The fourth-order valence-electron chi connectivity index (χ4n) is 1.88. The summed E-state index contributed by atoms with van der Waals surface area (Å²) in [6.45, 7) is 3.64. The lowest BCUT2D eigenvalue weighted by molar-refractivity contribution is 0.0745. The SMILES string of the molecule is Cc1cc(C)c(Br)c(C(=O)OS(=O)(=O)c2ccccc2)c1. The molecule has 0 heterocycles. The van der Waals surface area contributed by atoms with Crippen LogP contribution in [-0.4, -0.2) is 14.4 Å². The molecule has 0 aliphatic heterocycles. The van der Waals surface area contributed by atoms with Crippen molar-refractivity contribution in [3.05, 3.63) is 63.6 Å². The Labute approximate surface area is 132 Å². The first-order chi connectivity index (χ1) is 9.81. The molecule has 2 rings (SSSR count). The number of hydrogen-bond acceptors (Lipinski definition) is 4. The first kappa shape index (κ1) is 15.7. The lowest BCUT2D eigenvalue weighted by Gasteiger charge is -2.09. The van der Waals surface area contributed by atoms with Crippen molar-refractivity contribution in [2.45, 2.75) is 18.7 Å². The van der Waals surface area contributed by atoms with Crippen LogP contribution in [0.5, 0.6) is 0 Å². The van der Waals surface area contributed by atoms with Crippen molar-refractivity contribution in [1.29, 1.82) is 0 Å². The third-order valence-electron chi connectivity index (χ3n) is 2.84. The third kappa shape index (κ3) is 3.51. The number of carbonyl (C=O) groups is 1. The van der Waals surface area contributed by atoms with Crippen molar-refractivity contribution < 1.29 is 17.4 Å². The average Bonchev–Trinajstić information content (AvgIpc) is 2.43. The van der Waals surface area contributed by atoms with Crippen molar-refractivity contribution in [2.75, 3.05) is 0 Å². The minimum Gasteiger partial charge on any atom is -0.338 e. The van der Waals surface area contributed by atoms with Gasteiger partial charge in [-0.2, -0.15) is 8.42 Å². The molecule has 2 aromatic carbocycles. The van der Waals surface area contributed by atoms with Crippen molar-refractivity contribution in [1.82, 2.24) is 0 Å². The number of hydrogen-bond donors (Lipinski definition) is 0. The van der Waals surface area contributed by atoms with Gasteiger partial charge in [-0.3, -0.25) is 0 Å². The molecule has 0 aliphatic rings. The molecule has 0 spiro atoms. The van der Waals surface area contributed by atoms with Crippen LogP contribution in [0.4, 0.5) is 0 Å². The van der Waals surface area contributed by atoms with E-state index in [1.54, 1.807) is 24.3 Å². The Morgan fingerprint density at radius 3 is 2.33 bits per heavy atom. The summed E-state index contributed by atoms with van der Waals surface area (Å²) in [4.78, 5) is 12.1. The zero-order valence-corrected chi connectivity index (χ0v) is 13.9. The van der Waals surface area contributed by atoms with Crippen molar-refractivity contribution >= 4 is 32.0 Å². The van der Waals surface area contributed by atoms with Gasteiger partial charge in [-0.15, -0.1) is 0 Å². The van der Waals surface area contributed by atoms with Crippen LogP contribution >= 0.6 is 15.9 Å². The summed E-state index contributed by atoms with van der Waals surface area (Å²) < 4.78 is 29.3. The minimum atomic E-state index is -4.12. The highest BCUT2D eigenvalue weighted by Crippen LogP contribution is 2.25. The van der Waals surface area contributed by atoms with Gasteiger partial charge in [0.1, 0.15) is 4.90 Å². The molecule has 0 aliphatic carbocycles. The van der Waals surface area contributed by atoms with Crippen LogP contribution < -0.4 is 0 Å². The number of aryl methyl sites for hydroxylation is 2. The van der Waals surface area contributed by atoms with E-state index in [-0.39, 0.29) is 10.5 Å². The Hall–Kier alpha value is -1.66. The van der Waals surface area contributed by atoms with Gasteiger partial charge in [0.25, 0.3) is 0 Å². The third-order valence-corrected chi connectivity index (χ3v) is 5.11. The number of halogens is 1. The Bertz CT molecular complexity index is 783. The lowest BCUT2D eigenvalue weighted by atomic mass is 10.1. The largest absolute Gasteiger partial charge is 0.355 e. The van der Waals surface area contributed by atoms with Gasteiger partial charge in [0.2, 0.25) is 0 Å². The second kappa shape index (κ2) is 5.99. The molecule has 0 amide bonds. The molecule has 110 valence electrons. The Morgan fingerprint density at radius 2 is 1.71 bits per heavy atom. The highest BCUT2D eigenvalue weighted by molar-refractivity contribution is 9.10. The van der Waals surface area contributed by atoms with Crippen molar-refractivity contribution in [2.24, 2.45) is 0 Å². The molecule has 0 unspecified atom stereocenters. The highest BCUT2D eigenvalue weighted by atomic mass is 79.9. The maximum Gasteiger partial charge on any atom is 0.355 e. The molecular weight excluding hydrogens is 356 g/mol. The van der Waals surface area contributed by atoms with Crippen LogP contribution in [0, 0.1) is 13.8 Å². The number of carbonyl (C=O) groups excluding carboxylic acids is 1. The minimum absolute atomic E-state index is 0.0566. The van der Waals surface area contributed by atoms with Crippen LogP contribution in [-0.2, 0) is 14.3 Å². The van der Waals surface area contributed by atoms with E-state index in [4.69, 9.17) is 4.18 Å². The predicted molar refractivity (Wildman–Crippen MR) is 82.7 cm³/mol. The Balaban J connectivity index is 2.35. The van der Waals surface area contributed by atoms with E-state index in [0.29, 0.717) is 4.47 Å². The molecular formula is C15H13BrO4S. The Kier molecular flexibility index (Phi) is 4.49. The summed E-state index contributed by atoms with van der Waals surface area (Å²) in [6.07, 6.45) is 0. The van der Waals surface area contributed by atoms with Gasteiger partial charge in [0.05, 0.1) is 5.56 Å². The van der Waals surface area contributed by atoms with Gasteiger partial charge in [0.15, 0.2) is 0 Å². The summed E-state index contributed by atoms with van der Waals surface area (Å²) >= 11 is 3.28. The van der Waals surface area contributed by atoms with Gasteiger partial charge in [-0.25, -0.2) is 4.79 Å². The monoisotopic (exact) mass is 368 g/mol. The summed E-state index contributed by atoms with van der Waals surface area (Å²) in [6, 6.07) is 11.0. The average molecular weight is 369 g/mol. The van der Waals surface area contributed by atoms with Gasteiger partial charge < -0.3 is 4.18 Å². The number of benzene rings is 2. The van der Waals surface area contributed by atoms with Crippen LogP contribution in [0.15, 0.2) is 51.8 Å². The van der Waals surface area contributed by atoms with E-state index in [2.05, 4.69) is 15.9 Å². The van der Waals surface area contributed by atoms with E-state index in [9.17, 15) is 13.2 Å². The first-order valence-corrected chi connectivity index (χ1v) is 8.32. The summed E-state index contributed by atoms with van der Waals surface area (Å²) in [5.41, 5.74) is 1.87. The zero-order valence-electron chi connectivity index (χ0n) is 11.5. The molecule has 0 saturated carbocycles. The van der Waals surface area contributed by atoms with Crippen molar-refractivity contribution in [3.8, 4) is 0 Å². The molecule has 2 aromatic rings. The molecule has 6 heteroatoms. The highest BCUT2D eigenvalue weighted by Gasteiger charge is 2.23. The molecule has 0 radical (unpaired) electrons. The molecule has 0 aromatic heterocycles. The van der Waals surface area contributed by atoms with E-state index in [1.807, 2.05) is 19.9 Å². The van der Waals surface area contributed by atoms with E-state index in [1.165, 1.54) is 12.1 Å². The van der Waals surface area contributed by atoms with Crippen molar-refractivity contribution in [3.63, 3.8) is 0 Å². The van der Waals surface area contributed by atoms with Crippen LogP contribution in [0.1, 0.15) is 21.5 Å². The molecule has 21 heavy (non-hydrogen) atoms.